The molecule has 3 rings (SSSR count). The van der Waals surface area contributed by atoms with Gasteiger partial charge < -0.3 is 4.74 Å². The Morgan fingerprint density at radius 1 is 1.26 bits per heavy atom. The maximum Gasteiger partial charge on any atom is 0.311 e. The van der Waals surface area contributed by atoms with Gasteiger partial charge in [0.1, 0.15) is 0 Å². The number of esters is 1. The van der Waals surface area contributed by atoms with Gasteiger partial charge in [0.2, 0.25) is 5.91 Å². The van der Waals surface area contributed by atoms with Crippen LogP contribution in [0.25, 0.3) is 0 Å². The third-order valence-corrected chi connectivity index (χ3v) is 5.51. The summed E-state index contributed by atoms with van der Waals surface area (Å²) in [5.41, 5.74) is -0.0383. The van der Waals surface area contributed by atoms with Crippen molar-refractivity contribution in [2.75, 3.05) is 26.8 Å². The summed E-state index contributed by atoms with van der Waals surface area (Å²) in [5.74, 6) is -2.90. The second kappa shape index (κ2) is 7.90. The van der Waals surface area contributed by atoms with Crippen molar-refractivity contribution in [3.63, 3.8) is 0 Å². The highest BCUT2D eigenvalue weighted by Crippen LogP contribution is 2.44. The van der Waals surface area contributed by atoms with Crippen LogP contribution in [-0.2, 0) is 25.7 Å². The largest absolute Gasteiger partial charge is 0.469 e. The number of piperidine rings is 1. The number of likely N-dealkylation sites (tertiary alicyclic amines) is 1. The average molecular weight is 382 g/mol. The topological polar surface area (TPSA) is 59.1 Å². The summed E-state index contributed by atoms with van der Waals surface area (Å²) in [4.78, 5) is 32.4. The molecule has 0 saturated carbocycles. The van der Waals surface area contributed by atoms with Crippen LogP contribution in [-0.4, -0.2) is 54.2 Å². The summed E-state index contributed by atoms with van der Waals surface area (Å²) < 4.78 is 31.4. The van der Waals surface area contributed by atoms with Crippen LogP contribution in [0.3, 0.4) is 0 Å². The molecule has 2 aliphatic heterocycles. The van der Waals surface area contributed by atoms with E-state index in [1.54, 1.807) is 13.0 Å². The fourth-order valence-electron chi connectivity index (χ4n) is 4.16. The van der Waals surface area contributed by atoms with Gasteiger partial charge in [-0.05, 0) is 37.5 Å². The lowest BCUT2D eigenvalue weighted by Crippen LogP contribution is -2.57. The number of nitrogens with zero attached hydrogens (tertiary/aromatic N) is 2. The van der Waals surface area contributed by atoms with E-state index in [2.05, 4.69) is 4.90 Å². The molecule has 1 amide bonds. The average Bonchev–Trinajstić information content (AvgIpc) is 2.92. The summed E-state index contributed by atoms with van der Waals surface area (Å²) in [7, 11) is 1.32. The zero-order chi connectivity index (χ0) is 19.6. The molecule has 6 nitrogen and oxygen atoms in total. The molecule has 2 fully saturated rings. The maximum absolute atomic E-state index is 13.4. The number of hydrogen-bond acceptors (Lipinski definition) is 5. The first-order chi connectivity index (χ1) is 12.9. The van der Waals surface area contributed by atoms with Crippen LogP contribution >= 0.6 is 0 Å². The molecule has 0 bridgehead atoms. The number of amides is 1. The number of rotatable bonds is 5. The second-order valence-electron chi connectivity index (χ2n) is 7.01. The standard InChI is InChI=1S/C19H24F2N2O4/c1-3-27-23-17(24)11-14(18(25)26-2)19(23)6-8-22(9-7-19)12-13-4-5-15(20)16(21)10-13/h4-5,10,14H,3,6-9,11-12H2,1-2H3. The van der Waals surface area contributed by atoms with Crippen LogP contribution in [0.5, 0.6) is 0 Å². The highest BCUT2D eigenvalue weighted by molar-refractivity contribution is 5.88. The Labute approximate surface area is 157 Å². The molecule has 27 heavy (non-hydrogen) atoms. The zero-order valence-electron chi connectivity index (χ0n) is 15.5. The Balaban J connectivity index is 1.74. The van der Waals surface area contributed by atoms with Crippen LogP contribution in [0.4, 0.5) is 8.78 Å². The second-order valence-corrected chi connectivity index (χ2v) is 7.01. The van der Waals surface area contributed by atoms with E-state index >= 15 is 0 Å². The Bertz CT molecular complexity index is 720. The number of carbonyl (C=O) groups excluding carboxylic acids is 2. The van der Waals surface area contributed by atoms with Gasteiger partial charge in [0.05, 0.1) is 25.2 Å². The van der Waals surface area contributed by atoms with Crippen LogP contribution in [0, 0.1) is 17.6 Å². The van der Waals surface area contributed by atoms with E-state index in [0.717, 1.165) is 6.07 Å². The van der Waals surface area contributed by atoms with Crippen LogP contribution < -0.4 is 0 Å². The first-order valence-corrected chi connectivity index (χ1v) is 9.11. The highest BCUT2D eigenvalue weighted by Gasteiger charge is 2.58. The van der Waals surface area contributed by atoms with Gasteiger partial charge in [-0.3, -0.25) is 19.3 Å². The van der Waals surface area contributed by atoms with Crippen molar-refractivity contribution < 1.29 is 27.9 Å². The number of hydroxylamine groups is 2. The van der Waals surface area contributed by atoms with E-state index in [-0.39, 0.29) is 12.3 Å². The first kappa shape index (κ1) is 19.7. The van der Waals surface area contributed by atoms with Crippen molar-refractivity contribution >= 4 is 11.9 Å². The molecular formula is C19H24F2N2O4. The maximum atomic E-state index is 13.4. The molecule has 1 unspecified atom stereocenters. The molecule has 2 heterocycles. The van der Waals surface area contributed by atoms with Gasteiger partial charge in [-0.25, -0.2) is 13.8 Å². The van der Waals surface area contributed by atoms with E-state index < -0.39 is 29.1 Å². The third kappa shape index (κ3) is 3.68. The Morgan fingerprint density at radius 3 is 2.56 bits per heavy atom. The molecule has 148 valence electrons. The third-order valence-electron chi connectivity index (χ3n) is 5.51. The summed E-state index contributed by atoms with van der Waals surface area (Å²) in [6, 6.07) is 3.88. The minimum Gasteiger partial charge on any atom is -0.469 e. The fourth-order valence-corrected chi connectivity index (χ4v) is 4.16. The molecule has 1 aromatic rings. The number of carbonyl (C=O) groups is 2. The lowest BCUT2D eigenvalue weighted by Gasteiger charge is -2.45. The first-order valence-electron chi connectivity index (χ1n) is 9.11. The molecule has 0 aliphatic carbocycles. The molecule has 8 heteroatoms. The van der Waals surface area contributed by atoms with Gasteiger partial charge >= 0.3 is 5.97 Å². The minimum absolute atomic E-state index is 0.0792. The van der Waals surface area contributed by atoms with Crippen molar-refractivity contribution in [3.8, 4) is 0 Å². The molecule has 1 aromatic carbocycles. The molecule has 2 aliphatic rings. The Kier molecular flexibility index (Phi) is 5.76. The Morgan fingerprint density at radius 2 is 1.96 bits per heavy atom. The molecule has 1 spiro atoms. The monoisotopic (exact) mass is 382 g/mol. The normalized spacial score (nSPS) is 22.4. The lowest BCUT2D eigenvalue weighted by atomic mass is 9.77. The van der Waals surface area contributed by atoms with Crippen molar-refractivity contribution in [3.05, 3.63) is 35.4 Å². The lowest BCUT2D eigenvalue weighted by molar-refractivity contribution is -0.221. The zero-order valence-corrected chi connectivity index (χ0v) is 15.5. The van der Waals surface area contributed by atoms with Crippen LogP contribution in [0.2, 0.25) is 0 Å². The van der Waals surface area contributed by atoms with E-state index in [4.69, 9.17) is 9.57 Å². The number of benzene rings is 1. The SMILES string of the molecule is CCON1C(=O)CC(C(=O)OC)C12CCN(Cc1ccc(F)c(F)c1)CC2. The summed E-state index contributed by atoms with van der Waals surface area (Å²) in [6.07, 6.45) is 1.17. The quantitative estimate of drug-likeness (QED) is 0.732. The smallest absolute Gasteiger partial charge is 0.311 e. The number of hydrogen-bond donors (Lipinski definition) is 0. The fraction of sp³-hybridized carbons (Fsp3) is 0.579. The van der Waals surface area contributed by atoms with Crippen molar-refractivity contribution in [1.82, 2.24) is 9.96 Å². The molecule has 0 aromatic heterocycles. The molecule has 2 saturated heterocycles. The van der Waals surface area contributed by atoms with Crippen LogP contribution in [0.1, 0.15) is 31.7 Å². The number of halogens is 2. The van der Waals surface area contributed by atoms with Gasteiger partial charge in [0.15, 0.2) is 11.6 Å². The van der Waals surface area contributed by atoms with Gasteiger partial charge in [0.25, 0.3) is 0 Å². The van der Waals surface area contributed by atoms with E-state index in [0.29, 0.717) is 44.6 Å². The van der Waals surface area contributed by atoms with Crippen molar-refractivity contribution in [1.29, 1.82) is 0 Å². The minimum atomic E-state index is -0.867. The predicted octanol–water partition coefficient (Wildman–Crippen LogP) is 2.27. The summed E-state index contributed by atoms with van der Waals surface area (Å²) in [5, 5.41) is 1.38. The molecule has 0 N–H and O–H groups in total. The van der Waals surface area contributed by atoms with Crippen molar-refractivity contribution in [2.45, 2.75) is 38.3 Å². The van der Waals surface area contributed by atoms with Gasteiger partial charge in [-0.2, -0.15) is 0 Å². The van der Waals surface area contributed by atoms with E-state index in [1.165, 1.54) is 18.2 Å². The Hall–Kier alpha value is -2.06. The predicted molar refractivity (Wildman–Crippen MR) is 92.2 cm³/mol. The van der Waals surface area contributed by atoms with Gasteiger partial charge in [-0.1, -0.05) is 6.07 Å². The van der Waals surface area contributed by atoms with E-state index in [1.807, 2.05) is 0 Å². The molecular weight excluding hydrogens is 358 g/mol. The molecule has 0 radical (unpaired) electrons. The van der Waals surface area contributed by atoms with Gasteiger partial charge in [0, 0.05) is 26.1 Å². The summed E-state index contributed by atoms with van der Waals surface area (Å²) >= 11 is 0. The number of methoxy groups -OCH3 is 1. The number of ether oxygens (including phenoxy) is 1. The van der Waals surface area contributed by atoms with Gasteiger partial charge in [-0.15, -0.1) is 0 Å². The van der Waals surface area contributed by atoms with E-state index in [9.17, 15) is 18.4 Å². The molecule has 1 atom stereocenters. The van der Waals surface area contributed by atoms with Crippen LogP contribution in [0.15, 0.2) is 18.2 Å². The summed E-state index contributed by atoms with van der Waals surface area (Å²) in [6.45, 7) is 3.80. The van der Waals surface area contributed by atoms with Crippen molar-refractivity contribution in [2.24, 2.45) is 5.92 Å². The highest BCUT2D eigenvalue weighted by atomic mass is 19.2.